The van der Waals surface area contributed by atoms with Gasteiger partial charge in [0.05, 0.1) is 48.9 Å². The van der Waals surface area contributed by atoms with Crippen LogP contribution in [0, 0.1) is 0 Å². The number of unbranched alkanes of at least 4 members (excludes halogenated alkanes) is 9. The second-order valence-electron chi connectivity index (χ2n) is 7.41. The van der Waals surface area contributed by atoms with Crippen LogP contribution in [-0.4, -0.2) is 61.9 Å². The molecule has 26 heavy (non-hydrogen) atoms. The minimum absolute atomic E-state index is 0. The van der Waals surface area contributed by atoms with Gasteiger partial charge in [-0.25, -0.2) is 8.42 Å². The van der Waals surface area contributed by atoms with Crippen molar-refractivity contribution >= 4 is 10.4 Å². The third kappa shape index (κ3) is 64.5. The molecule has 6 nitrogen and oxygen atoms in total. The van der Waals surface area contributed by atoms with E-state index in [4.69, 9.17) is 0 Å². The minimum atomic E-state index is -4.48. The average Bonchev–Trinajstić information content (AvgIpc) is 2.42. The molecular weight excluding hydrogens is 420 g/mol. The summed E-state index contributed by atoms with van der Waals surface area (Å²) in [6.07, 6.45) is 11.7. The number of hydrogen-bond acceptors (Lipinski definition) is 4. The Morgan fingerprint density at radius 2 is 0.962 bits per heavy atom. The highest BCUT2D eigenvalue weighted by molar-refractivity contribution is 7.80. The Labute approximate surface area is 174 Å². The summed E-state index contributed by atoms with van der Waals surface area (Å²) in [5.41, 5.74) is 0. The molecule has 8 heteroatoms. The number of nitrogens with one attached hydrogen (secondary N) is 2. The fraction of sp³-hybridized carbons (Fsp3) is 1.00. The Morgan fingerprint density at radius 1 is 0.692 bits per heavy atom. The van der Waals surface area contributed by atoms with Crippen molar-refractivity contribution in [3.8, 4) is 0 Å². The number of hydrogen-bond donors (Lipinski definition) is 2. The fourth-order valence-corrected chi connectivity index (χ4v) is 2.07. The van der Waals surface area contributed by atoms with Crippen LogP contribution < -0.4 is 26.8 Å². The lowest BCUT2D eigenvalue weighted by molar-refractivity contribution is -0.836. The van der Waals surface area contributed by atoms with E-state index >= 15 is 0 Å². The molecule has 0 aromatic carbocycles. The Balaban J connectivity index is -0.000000226. The van der Waals surface area contributed by atoms with Crippen molar-refractivity contribution in [2.24, 2.45) is 0 Å². The molecule has 0 aromatic heterocycles. The van der Waals surface area contributed by atoms with Crippen LogP contribution in [0.5, 0.6) is 0 Å². The topological polar surface area (TPSA) is 75.3 Å². The zero-order chi connectivity index (χ0) is 20.1. The molecule has 2 N–H and O–H groups in total. The van der Waals surface area contributed by atoms with Gasteiger partial charge in [0.2, 0.25) is 10.4 Å². The molecule has 0 aromatic rings. The molecule has 0 unspecified atom stereocenters. The van der Waals surface area contributed by atoms with Gasteiger partial charge >= 0.3 is 0 Å². The molecule has 0 aliphatic rings. The molecular formula is C18H45BrN2O4S. The predicted molar refractivity (Wildman–Crippen MR) is 105 cm³/mol. The van der Waals surface area contributed by atoms with Gasteiger partial charge in [0, 0.05) is 0 Å². The lowest BCUT2D eigenvalue weighted by Gasteiger charge is -2.06. The molecule has 0 aliphatic heterocycles. The van der Waals surface area contributed by atoms with Crippen molar-refractivity contribution in [2.45, 2.75) is 71.1 Å². The molecule has 0 aliphatic carbocycles. The minimum Gasteiger partial charge on any atom is -1.00 e. The van der Waals surface area contributed by atoms with Crippen LogP contribution in [0.2, 0.25) is 0 Å². The highest BCUT2D eigenvalue weighted by atomic mass is 79.9. The molecule has 0 rings (SSSR count). The second kappa shape index (κ2) is 25.3. The van der Waals surface area contributed by atoms with Crippen LogP contribution in [0.25, 0.3) is 0 Å². The Bertz CT molecular complexity index is 329. The molecule has 164 valence electrons. The van der Waals surface area contributed by atoms with Gasteiger partial charge in [-0.15, -0.1) is 0 Å². The van der Waals surface area contributed by atoms with E-state index in [0.29, 0.717) is 6.42 Å². The first-order valence-corrected chi connectivity index (χ1v) is 11.0. The lowest BCUT2D eigenvalue weighted by Crippen LogP contribution is -3.02. The van der Waals surface area contributed by atoms with Crippen molar-refractivity contribution in [2.75, 3.05) is 48.9 Å². The van der Waals surface area contributed by atoms with Crippen LogP contribution >= 0.6 is 0 Å². The van der Waals surface area contributed by atoms with E-state index in [0.717, 1.165) is 12.8 Å². The Kier molecular flexibility index (Phi) is 32.9. The van der Waals surface area contributed by atoms with Gasteiger partial charge in [-0.2, -0.15) is 0 Å². The second-order valence-corrected chi connectivity index (χ2v) is 8.46. The van der Waals surface area contributed by atoms with Gasteiger partial charge in [-0.3, -0.25) is 4.18 Å². The van der Waals surface area contributed by atoms with E-state index in [1.54, 1.807) is 0 Å². The van der Waals surface area contributed by atoms with Crippen molar-refractivity contribution in [1.82, 2.24) is 0 Å². The maximum atomic E-state index is 10.1. The highest BCUT2D eigenvalue weighted by Gasteiger charge is 1.95. The van der Waals surface area contributed by atoms with E-state index in [2.05, 4.69) is 53.4 Å². The normalized spacial score (nSPS) is 10.5. The van der Waals surface area contributed by atoms with Gasteiger partial charge in [-0.1, -0.05) is 64.7 Å². The van der Waals surface area contributed by atoms with Gasteiger partial charge in [-0.05, 0) is 6.42 Å². The highest BCUT2D eigenvalue weighted by Crippen LogP contribution is 2.10. The molecule has 0 saturated heterocycles. The summed E-state index contributed by atoms with van der Waals surface area (Å²) in [5.74, 6) is 0. The van der Waals surface area contributed by atoms with E-state index in [1.807, 2.05) is 0 Å². The Hall–Kier alpha value is 0.270. The van der Waals surface area contributed by atoms with Crippen molar-refractivity contribution in [1.29, 1.82) is 0 Å². The van der Waals surface area contributed by atoms with E-state index < -0.39 is 10.4 Å². The van der Waals surface area contributed by atoms with Crippen molar-refractivity contribution in [3.63, 3.8) is 0 Å². The SMILES string of the molecule is CCCCCCCCCCCCOS(=O)(=O)[O-].C[NH+](C)C.C[NH+](C)C.[Br-]. The number of rotatable bonds is 12. The van der Waals surface area contributed by atoms with Crippen molar-refractivity contribution < 1.29 is 43.9 Å². The smallest absolute Gasteiger partial charge is 0.217 e. The summed E-state index contributed by atoms with van der Waals surface area (Å²) in [4.78, 5) is 2.83. The molecule has 0 bridgehead atoms. The van der Waals surface area contributed by atoms with Crippen LogP contribution in [0.15, 0.2) is 0 Å². The zero-order valence-electron chi connectivity index (χ0n) is 18.2. The summed E-state index contributed by atoms with van der Waals surface area (Å²) in [6.45, 7) is 2.24. The zero-order valence-corrected chi connectivity index (χ0v) is 20.6. The number of halogens is 1. The maximum Gasteiger partial charge on any atom is 0.217 e. The molecule has 0 amide bonds. The standard InChI is InChI=1S/C12H26O4S.2C3H9N.BrH/c1-2-3-4-5-6-7-8-9-10-11-12-16-17(13,14)15;2*1-4(2)3;/h2-12H2,1H3,(H,13,14,15);2*1-3H3;1H. The van der Waals surface area contributed by atoms with Crippen LogP contribution in [0.1, 0.15) is 71.1 Å². The molecule has 0 spiro atoms. The van der Waals surface area contributed by atoms with Crippen LogP contribution in [0.3, 0.4) is 0 Å². The lowest BCUT2D eigenvalue weighted by atomic mass is 10.1. The molecule has 0 heterocycles. The summed E-state index contributed by atoms with van der Waals surface area (Å²) < 4.78 is 34.5. The first-order chi connectivity index (χ1) is 11.5. The quantitative estimate of drug-likeness (QED) is 0.197. The average molecular weight is 466 g/mol. The number of quaternary nitrogens is 2. The van der Waals surface area contributed by atoms with Gasteiger partial charge in [0.15, 0.2) is 0 Å². The molecule has 0 fully saturated rings. The Morgan fingerprint density at radius 3 is 1.23 bits per heavy atom. The van der Waals surface area contributed by atoms with Crippen LogP contribution in [-0.2, 0) is 14.6 Å². The van der Waals surface area contributed by atoms with Crippen LogP contribution in [0.4, 0.5) is 0 Å². The molecule has 0 radical (unpaired) electrons. The predicted octanol–water partition coefficient (Wildman–Crippen LogP) is -2.09. The first-order valence-electron chi connectivity index (χ1n) is 9.66. The monoisotopic (exact) mass is 464 g/mol. The van der Waals surface area contributed by atoms with Gasteiger partial charge < -0.3 is 31.3 Å². The third-order valence-corrected chi connectivity index (χ3v) is 3.18. The van der Waals surface area contributed by atoms with E-state index in [1.165, 1.54) is 54.7 Å². The summed E-state index contributed by atoms with van der Waals surface area (Å²) in [6, 6.07) is 0. The maximum absolute atomic E-state index is 10.1. The van der Waals surface area contributed by atoms with E-state index in [-0.39, 0.29) is 23.6 Å². The summed E-state index contributed by atoms with van der Waals surface area (Å²) in [5, 5.41) is 0. The summed E-state index contributed by atoms with van der Waals surface area (Å²) >= 11 is 0. The van der Waals surface area contributed by atoms with Gasteiger partial charge in [0.1, 0.15) is 0 Å². The molecule has 0 atom stereocenters. The van der Waals surface area contributed by atoms with Crippen molar-refractivity contribution in [3.05, 3.63) is 0 Å². The summed E-state index contributed by atoms with van der Waals surface area (Å²) in [7, 11) is 8.02. The third-order valence-electron chi connectivity index (χ3n) is 2.73. The van der Waals surface area contributed by atoms with E-state index in [9.17, 15) is 13.0 Å². The fourth-order valence-electron chi connectivity index (χ4n) is 1.75. The van der Waals surface area contributed by atoms with Gasteiger partial charge in [0.25, 0.3) is 0 Å². The largest absolute Gasteiger partial charge is 1.00 e. The first kappa shape index (κ1) is 33.8. The molecule has 0 saturated carbocycles.